The summed E-state index contributed by atoms with van der Waals surface area (Å²) in [5.41, 5.74) is 3.53. The number of hydrogen-bond acceptors (Lipinski definition) is 5. The second-order valence-electron chi connectivity index (χ2n) is 4.72. The first-order chi connectivity index (χ1) is 9.41. The summed E-state index contributed by atoms with van der Waals surface area (Å²) in [6.45, 7) is 0. The van der Waals surface area contributed by atoms with Crippen LogP contribution in [0.5, 0.6) is 0 Å². The van der Waals surface area contributed by atoms with Crippen LogP contribution in [-0.2, 0) is 23.3 Å². The van der Waals surface area contributed by atoms with Gasteiger partial charge in [-0.3, -0.25) is 11.3 Å². The van der Waals surface area contributed by atoms with E-state index < -0.39 is 9.84 Å². The zero-order valence-electron chi connectivity index (χ0n) is 11.4. The first kappa shape index (κ1) is 14.7. The third-order valence-electron chi connectivity index (χ3n) is 3.20. The van der Waals surface area contributed by atoms with Crippen LogP contribution >= 0.6 is 0 Å². The zero-order valence-corrected chi connectivity index (χ0v) is 12.3. The van der Waals surface area contributed by atoms with Crippen LogP contribution in [0, 0.1) is 0 Å². The van der Waals surface area contributed by atoms with Crippen LogP contribution in [-0.4, -0.2) is 24.2 Å². The van der Waals surface area contributed by atoms with E-state index >= 15 is 0 Å². The van der Waals surface area contributed by atoms with Crippen molar-refractivity contribution in [2.45, 2.75) is 17.4 Å². The molecule has 1 unspecified atom stereocenters. The van der Waals surface area contributed by atoms with E-state index in [1.54, 1.807) is 24.4 Å². The third-order valence-corrected chi connectivity index (χ3v) is 4.31. The van der Waals surface area contributed by atoms with Gasteiger partial charge in [-0.05, 0) is 17.7 Å². The molecule has 0 aliphatic carbocycles. The molecule has 0 radical (unpaired) electrons. The van der Waals surface area contributed by atoms with Gasteiger partial charge in [0.1, 0.15) is 5.82 Å². The summed E-state index contributed by atoms with van der Waals surface area (Å²) in [6.07, 6.45) is 5.34. The lowest BCUT2D eigenvalue weighted by atomic mass is 10.0. The van der Waals surface area contributed by atoms with Crippen LogP contribution < -0.4 is 11.3 Å². The highest BCUT2D eigenvalue weighted by Gasteiger charge is 2.15. The van der Waals surface area contributed by atoms with Gasteiger partial charge in [0.15, 0.2) is 9.84 Å². The minimum atomic E-state index is -3.23. The Morgan fingerprint density at radius 1 is 1.45 bits per heavy atom. The molecule has 0 bridgehead atoms. The Hall–Kier alpha value is -1.70. The average Bonchev–Trinajstić information content (AvgIpc) is 2.80. The fraction of sp³-hybridized carbons (Fsp3) is 0.308. The van der Waals surface area contributed by atoms with E-state index in [1.165, 1.54) is 6.26 Å². The van der Waals surface area contributed by atoms with Gasteiger partial charge in [0.2, 0.25) is 0 Å². The Balaban J connectivity index is 2.31. The molecule has 1 atom stereocenters. The van der Waals surface area contributed by atoms with Crippen molar-refractivity contribution in [2.75, 3.05) is 6.26 Å². The Kier molecular flexibility index (Phi) is 4.22. The smallest absolute Gasteiger partial charge is 0.175 e. The second kappa shape index (κ2) is 5.74. The highest BCUT2D eigenvalue weighted by molar-refractivity contribution is 7.90. The number of imidazole rings is 1. The lowest BCUT2D eigenvalue weighted by Gasteiger charge is -2.16. The normalized spacial score (nSPS) is 13.3. The first-order valence-corrected chi connectivity index (χ1v) is 8.03. The van der Waals surface area contributed by atoms with Crippen LogP contribution in [0.4, 0.5) is 0 Å². The third kappa shape index (κ3) is 3.24. The molecule has 3 N–H and O–H groups in total. The Morgan fingerprint density at radius 2 is 2.20 bits per heavy atom. The SMILES string of the molecule is Cn1ccnc1CC(NN)c1cccc(S(C)(=O)=O)c1. The summed E-state index contributed by atoms with van der Waals surface area (Å²) < 4.78 is 25.1. The molecule has 1 heterocycles. The van der Waals surface area contributed by atoms with E-state index in [1.807, 2.05) is 23.9 Å². The zero-order chi connectivity index (χ0) is 14.8. The number of sulfone groups is 1. The summed E-state index contributed by atoms with van der Waals surface area (Å²) in [7, 11) is -1.32. The van der Waals surface area contributed by atoms with Crippen molar-refractivity contribution < 1.29 is 8.42 Å². The number of benzene rings is 1. The van der Waals surface area contributed by atoms with Gasteiger partial charge in [-0.2, -0.15) is 0 Å². The predicted octanol–water partition coefficient (Wildman–Crippen LogP) is 0.571. The summed E-state index contributed by atoms with van der Waals surface area (Å²) in [5, 5.41) is 0. The highest BCUT2D eigenvalue weighted by Crippen LogP contribution is 2.20. The van der Waals surface area contributed by atoms with E-state index in [-0.39, 0.29) is 10.9 Å². The number of rotatable bonds is 5. The summed E-state index contributed by atoms with van der Waals surface area (Å²) in [6, 6.07) is 6.59. The van der Waals surface area contributed by atoms with E-state index in [9.17, 15) is 8.42 Å². The van der Waals surface area contributed by atoms with Crippen molar-refractivity contribution in [1.29, 1.82) is 0 Å². The average molecular weight is 294 g/mol. The number of hydrazine groups is 1. The summed E-state index contributed by atoms with van der Waals surface area (Å²) >= 11 is 0. The Labute approximate surface area is 118 Å². The maximum Gasteiger partial charge on any atom is 0.175 e. The molecule has 6 nitrogen and oxygen atoms in total. The van der Waals surface area contributed by atoms with Gasteiger partial charge >= 0.3 is 0 Å². The van der Waals surface area contributed by atoms with Crippen molar-refractivity contribution in [1.82, 2.24) is 15.0 Å². The number of aryl methyl sites for hydroxylation is 1. The first-order valence-electron chi connectivity index (χ1n) is 6.14. The van der Waals surface area contributed by atoms with Gasteiger partial charge in [0.25, 0.3) is 0 Å². The molecule has 2 rings (SSSR count). The minimum absolute atomic E-state index is 0.196. The number of nitrogens with one attached hydrogen (secondary N) is 1. The number of nitrogens with two attached hydrogens (primary N) is 1. The van der Waals surface area contributed by atoms with Crippen molar-refractivity contribution in [3.8, 4) is 0 Å². The van der Waals surface area contributed by atoms with Crippen molar-refractivity contribution >= 4 is 9.84 Å². The monoisotopic (exact) mass is 294 g/mol. The topological polar surface area (TPSA) is 90.0 Å². The maximum absolute atomic E-state index is 11.6. The highest BCUT2D eigenvalue weighted by atomic mass is 32.2. The van der Waals surface area contributed by atoms with E-state index in [0.717, 1.165) is 11.4 Å². The fourth-order valence-corrected chi connectivity index (χ4v) is 2.69. The van der Waals surface area contributed by atoms with E-state index in [4.69, 9.17) is 5.84 Å². The van der Waals surface area contributed by atoms with Crippen LogP contribution in [0.1, 0.15) is 17.4 Å². The van der Waals surface area contributed by atoms with Crippen molar-refractivity contribution in [2.24, 2.45) is 12.9 Å². The van der Waals surface area contributed by atoms with Gasteiger partial charge in [-0.15, -0.1) is 0 Å². The lowest BCUT2D eigenvalue weighted by Crippen LogP contribution is -2.30. The predicted molar refractivity (Wildman–Crippen MR) is 76.5 cm³/mol. The van der Waals surface area contributed by atoms with E-state index in [2.05, 4.69) is 10.4 Å². The molecule has 0 aliphatic rings. The molecule has 0 fully saturated rings. The Morgan fingerprint density at radius 3 is 2.75 bits per heavy atom. The molecular weight excluding hydrogens is 276 g/mol. The molecule has 2 aromatic rings. The molecule has 20 heavy (non-hydrogen) atoms. The molecule has 0 saturated carbocycles. The van der Waals surface area contributed by atoms with Crippen LogP contribution in [0.2, 0.25) is 0 Å². The standard InChI is InChI=1S/C13H18N4O2S/c1-17-7-6-15-13(17)9-12(16-14)10-4-3-5-11(8-10)20(2,18)19/h3-8,12,16H,9,14H2,1-2H3. The van der Waals surface area contributed by atoms with Gasteiger partial charge in [-0.1, -0.05) is 12.1 Å². The molecule has 108 valence electrons. The van der Waals surface area contributed by atoms with Crippen molar-refractivity contribution in [3.63, 3.8) is 0 Å². The molecule has 0 aliphatic heterocycles. The minimum Gasteiger partial charge on any atom is -0.338 e. The molecule has 0 amide bonds. The molecule has 1 aromatic carbocycles. The van der Waals surface area contributed by atoms with Gasteiger partial charge in [0.05, 0.1) is 10.9 Å². The van der Waals surface area contributed by atoms with Gasteiger partial charge in [-0.25, -0.2) is 13.4 Å². The molecule has 7 heteroatoms. The van der Waals surface area contributed by atoms with Crippen molar-refractivity contribution in [3.05, 3.63) is 48.0 Å². The molecule has 0 saturated heterocycles. The van der Waals surface area contributed by atoms with Gasteiger partial charge in [0, 0.05) is 32.1 Å². The Bertz CT molecular complexity index is 694. The van der Waals surface area contributed by atoms with Crippen LogP contribution in [0.3, 0.4) is 0 Å². The van der Waals surface area contributed by atoms with Crippen LogP contribution in [0.15, 0.2) is 41.6 Å². The maximum atomic E-state index is 11.6. The largest absolute Gasteiger partial charge is 0.338 e. The summed E-state index contributed by atoms with van der Waals surface area (Å²) in [5.74, 6) is 6.47. The van der Waals surface area contributed by atoms with Crippen LogP contribution in [0.25, 0.3) is 0 Å². The summed E-state index contributed by atoms with van der Waals surface area (Å²) in [4.78, 5) is 4.54. The number of hydrogen-bond donors (Lipinski definition) is 2. The lowest BCUT2D eigenvalue weighted by molar-refractivity contribution is 0.529. The number of aromatic nitrogens is 2. The molecule has 0 spiro atoms. The second-order valence-corrected chi connectivity index (χ2v) is 6.74. The fourth-order valence-electron chi connectivity index (χ4n) is 2.01. The molecule has 1 aromatic heterocycles. The van der Waals surface area contributed by atoms with E-state index in [0.29, 0.717) is 6.42 Å². The number of nitrogens with zero attached hydrogens (tertiary/aromatic N) is 2. The quantitative estimate of drug-likeness (QED) is 0.621. The molecular formula is C13H18N4O2S. The van der Waals surface area contributed by atoms with Gasteiger partial charge < -0.3 is 4.57 Å².